The first kappa shape index (κ1) is 22.2. The van der Waals surface area contributed by atoms with Crippen molar-refractivity contribution >= 4 is 11.6 Å². The monoisotopic (exact) mass is 422 g/mol. The van der Waals surface area contributed by atoms with Crippen molar-refractivity contribution in [2.45, 2.75) is 50.5 Å². The standard InChI is InChI=1S/C22H27ClO6/c1-3-28-22(21(27)20(26)19(25)18(12-24)29-22)16-8-9-17(23)15(11-16)10-14-6-4-13(2)5-7-14/h4-9,11,18-21,24-27H,3,10,12H2,1-2H3/t18-,19-,20+,21-,22+/m1/s1. The summed E-state index contributed by atoms with van der Waals surface area (Å²) in [6, 6.07) is 13.2. The van der Waals surface area contributed by atoms with Gasteiger partial charge in [-0.3, -0.25) is 0 Å². The maximum atomic E-state index is 10.8. The third-order valence-electron chi connectivity index (χ3n) is 5.27. The number of aliphatic hydroxyl groups is 4. The van der Waals surface area contributed by atoms with Gasteiger partial charge < -0.3 is 29.9 Å². The van der Waals surface area contributed by atoms with Gasteiger partial charge in [-0.25, -0.2) is 0 Å². The molecule has 0 aliphatic carbocycles. The maximum absolute atomic E-state index is 10.8. The summed E-state index contributed by atoms with van der Waals surface area (Å²) in [6.07, 6.45) is -5.11. The van der Waals surface area contributed by atoms with Crippen molar-refractivity contribution in [1.29, 1.82) is 0 Å². The van der Waals surface area contributed by atoms with E-state index in [1.165, 1.54) is 0 Å². The van der Waals surface area contributed by atoms with E-state index in [0.29, 0.717) is 17.0 Å². The van der Waals surface area contributed by atoms with E-state index in [2.05, 4.69) is 0 Å². The van der Waals surface area contributed by atoms with Crippen LogP contribution in [0.5, 0.6) is 0 Å². The molecule has 0 aromatic heterocycles. The van der Waals surface area contributed by atoms with Crippen LogP contribution in [0.4, 0.5) is 0 Å². The lowest BCUT2D eigenvalue weighted by molar-refractivity contribution is -0.372. The lowest BCUT2D eigenvalue weighted by atomic mass is 9.87. The number of benzene rings is 2. The van der Waals surface area contributed by atoms with Crippen LogP contribution in [-0.4, -0.2) is 58.1 Å². The Bertz CT molecular complexity index is 825. The summed E-state index contributed by atoms with van der Waals surface area (Å²) in [5, 5.41) is 41.3. The number of rotatable bonds is 6. The first-order chi connectivity index (χ1) is 13.8. The van der Waals surface area contributed by atoms with E-state index in [-0.39, 0.29) is 6.61 Å². The average molecular weight is 423 g/mol. The van der Waals surface area contributed by atoms with Crippen molar-refractivity contribution in [2.24, 2.45) is 0 Å². The fraction of sp³-hybridized carbons (Fsp3) is 0.455. The molecule has 0 spiro atoms. The van der Waals surface area contributed by atoms with Crippen molar-refractivity contribution in [2.75, 3.05) is 13.2 Å². The molecule has 1 aliphatic heterocycles. The number of hydrogen-bond acceptors (Lipinski definition) is 6. The van der Waals surface area contributed by atoms with Crippen molar-refractivity contribution in [3.8, 4) is 0 Å². The van der Waals surface area contributed by atoms with E-state index in [1.54, 1.807) is 25.1 Å². The van der Waals surface area contributed by atoms with Crippen LogP contribution in [0.3, 0.4) is 0 Å². The number of hydrogen-bond donors (Lipinski definition) is 4. The zero-order chi connectivity index (χ0) is 21.2. The summed E-state index contributed by atoms with van der Waals surface area (Å²) in [4.78, 5) is 0. The quantitative estimate of drug-likeness (QED) is 0.567. The summed E-state index contributed by atoms with van der Waals surface area (Å²) in [5.41, 5.74) is 3.46. The minimum absolute atomic E-state index is 0.175. The van der Waals surface area contributed by atoms with Gasteiger partial charge in [-0.1, -0.05) is 47.5 Å². The molecule has 0 saturated carbocycles. The normalized spacial score (nSPS) is 29.8. The molecule has 4 N–H and O–H groups in total. The molecule has 0 amide bonds. The van der Waals surface area contributed by atoms with Crippen LogP contribution in [0.1, 0.15) is 29.2 Å². The summed E-state index contributed by atoms with van der Waals surface area (Å²) >= 11 is 6.41. The van der Waals surface area contributed by atoms with E-state index in [4.69, 9.17) is 21.1 Å². The molecule has 3 rings (SSSR count). The number of ether oxygens (including phenoxy) is 2. The molecule has 2 aromatic carbocycles. The third-order valence-corrected chi connectivity index (χ3v) is 5.64. The highest BCUT2D eigenvalue weighted by Crippen LogP contribution is 2.41. The van der Waals surface area contributed by atoms with Gasteiger partial charge in [-0.05, 0) is 43.5 Å². The van der Waals surface area contributed by atoms with Crippen LogP contribution >= 0.6 is 11.6 Å². The first-order valence-electron chi connectivity index (χ1n) is 9.63. The van der Waals surface area contributed by atoms with E-state index in [1.807, 2.05) is 31.2 Å². The molecule has 1 aliphatic rings. The molecule has 0 unspecified atom stereocenters. The van der Waals surface area contributed by atoms with Crippen LogP contribution in [0.25, 0.3) is 0 Å². The molecule has 0 radical (unpaired) electrons. The molecule has 6 nitrogen and oxygen atoms in total. The highest BCUT2D eigenvalue weighted by Gasteiger charge is 2.55. The van der Waals surface area contributed by atoms with Gasteiger partial charge in [0.05, 0.1) is 6.61 Å². The zero-order valence-electron chi connectivity index (χ0n) is 16.5. The molecule has 158 valence electrons. The van der Waals surface area contributed by atoms with E-state index in [0.717, 1.165) is 16.7 Å². The van der Waals surface area contributed by atoms with Crippen molar-refractivity contribution in [1.82, 2.24) is 0 Å². The van der Waals surface area contributed by atoms with E-state index in [9.17, 15) is 20.4 Å². The Hall–Kier alpha value is -1.51. The Labute approximate surface area is 175 Å². The Morgan fingerprint density at radius 2 is 1.76 bits per heavy atom. The Balaban J connectivity index is 2.02. The molecule has 29 heavy (non-hydrogen) atoms. The summed E-state index contributed by atoms with van der Waals surface area (Å²) in [5.74, 6) is -1.74. The average Bonchev–Trinajstić information content (AvgIpc) is 2.72. The predicted octanol–water partition coefficient (Wildman–Crippen LogP) is 1.90. The molecule has 0 bridgehead atoms. The lowest BCUT2D eigenvalue weighted by Gasteiger charge is -2.48. The molecular weight excluding hydrogens is 396 g/mol. The van der Waals surface area contributed by atoms with Gasteiger partial charge in [0.15, 0.2) is 0 Å². The molecule has 2 aromatic rings. The highest BCUT2D eigenvalue weighted by molar-refractivity contribution is 6.31. The van der Waals surface area contributed by atoms with E-state index < -0.39 is 36.8 Å². The van der Waals surface area contributed by atoms with Gasteiger partial charge >= 0.3 is 0 Å². The van der Waals surface area contributed by atoms with Gasteiger partial charge in [-0.15, -0.1) is 0 Å². The molecule has 1 fully saturated rings. The molecule has 1 saturated heterocycles. The molecule has 7 heteroatoms. The zero-order valence-corrected chi connectivity index (χ0v) is 17.2. The fourth-order valence-corrected chi connectivity index (χ4v) is 3.83. The summed E-state index contributed by atoms with van der Waals surface area (Å²) in [7, 11) is 0. The van der Waals surface area contributed by atoms with Crippen LogP contribution in [0.15, 0.2) is 42.5 Å². The summed E-state index contributed by atoms with van der Waals surface area (Å²) < 4.78 is 11.6. The van der Waals surface area contributed by atoms with Crippen LogP contribution in [0.2, 0.25) is 5.02 Å². The lowest BCUT2D eigenvalue weighted by Crippen LogP contribution is -2.64. The minimum Gasteiger partial charge on any atom is -0.394 e. The number of aryl methyl sites for hydroxylation is 1. The minimum atomic E-state index is -1.74. The van der Waals surface area contributed by atoms with Crippen LogP contribution < -0.4 is 0 Å². The molecule has 5 atom stereocenters. The molecular formula is C22H27ClO6. The fourth-order valence-electron chi connectivity index (χ4n) is 3.65. The SMILES string of the molecule is CCO[C@@]1(c2ccc(Cl)c(Cc3ccc(C)cc3)c2)O[C@H](CO)[C@@H](O)[C@H](O)[C@H]1O. The van der Waals surface area contributed by atoms with Crippen molar-refractivity contribution < 1.29 is 29.9 Å². The second-order valence-electron chi connectivity index (χ2n) is 7.33. The van der Waals surface area contributed by atoms with Gasteiger partial charge in [0.1, 0.15) is 24.4 Å². The van der Waals surface area contributed by atoms with Gasteiger partial charge in [0.2, 0.25) is 5.79 Å². The largest absolute Gasteiger partial charge is 0.394 e. The van der Waals surface area contributed by atoms with E-state index >= 15 is 0 Å². The number of aliphatic hydroxyl groups excluding tert-OH is 4. The second kappa shape index (κ2) is 9.10. The van der Waals surface area contributed by atoms with Gasteiger partial charge in [-0.2, -0.15) is 0 Å². The van der Waals surface area contributed by atoms with Crippen molar-refractivity contribution in [3.63, 3.8) is 0 Å². The van der Waals surface area contributed by atoms with Crippen molar-refractivity contribution in [3.05, 3.63) is 69.7 Å². The molecule has 1 heterocycles. The Morgan fingerprint density at radius 3 is 2.38 bits per heavy atom. The second-order valence-corrected chi connectivity index (χ2v) is 7.74. The van der Waals surface area contributed by atoms with Crippen LogP contribution in [0, 0.1) is 6.92 Å². The summed E-state index contributed by atoms with van der Waals surface area (Å²) in [6.45, 7) is 3.38. The topological polar surface area (TPSA) is 99.4 Å². The Morgan fingerprint density at radius 1 is 1.07 bits per heavy atom. The first-order valence-corrected chi connectivity index (χ1v) is 10.0. The van der Waals surface area contributed by atoms with Crippen LogP contribution in [-0.2, 0) is 21.7 Å². The smallest absolute Gasteiger partial charge is 0.224 e. The maximum Gasteiger partial charge on any atom is 0.224 e. The van der Waals surface area contributed by atoms with Gasteiger partial charge in [0.25, 0.3) is 0 Å². The highest BCUT2D eigenvalue weighted by atomic mass is 35.5. The van der Waals surface area contributed by atoms with Gasteiger partial charge in [0, 0.05) is 17.2 Å². The predicted molar refractivity (Wildman–Crippen MR) is 109 cm³/mol. The third kappa shape index (κ3) is 4.34. The number of halogens is 1. The Kier molecular flexibility index (Phi) is 6.96.